The van der Waals surface area contributed by atoms with Gasteiger partial charge in [-0.25, -0.2) is 0 Å². The Kier molecular flexibility index (Phi) is 66.0. The number of rotatable bonds is 8. The number of carbonyl (C=O) groups excluding carboxylic acids is 2. The number of quaternary nitrogens is 2. The third-order valence-corrected chi connectivity index (χ3v) is 11.3. The highest BCUT2D eigenvalue weighted by atomic mass is 33.1. The van der Waals surface area contributed by atoms with E-state index in [1.807, 2.05) is 84.7 Å². The lowest BCUT2D eigenvalue weighted by Gasteiger charge is -2.20. The van der Waals surface area contributed by atoms with Crippen LogP contribution in [0.15, 0.2) is 0 Å². The molecule has 0 aromatic heterocycles. The zero-order valence-corrected chi connectivity index (χ0v) is 46.1. The third-order valence-electron chi connectivity index (χ3n) is 4.66. The highest BCUT2D eigenvalue weighted by Gasteiger charge is 2.15. The topological polar surface area (TPSA) is 263 Å². The van der Waals surface area contributed by atoms with Gasteiger partial charge in [-0.05, 0) is 32.5 Å². The van der Waals surface area contributed by atoms with Crippen molar-refractivity contribution in [3.8, 4) is 0 Å². The zero-order chi connectivity index (χ0) is 51.3. The Labute approximate surface area is 384 Å². The second kappa shape index (κ2) is 47.8. The predicted octanol–water partition coefficient (Wildman–Crippen LogP) is 8.52. The van der Waals surface area contributed by atoms with Crippen LogP contribution < -0.4 is 22.0 Å². The van der Waals surface area contributed by atoms with Gasteiger partial charge < -0.3 is 42.0 Å². The van der Waals surface area contributed by atoms with E-state index >= 15 is 0 Å². The Morgan fingerprint density at radius 2 is 0.483 bits per heavy atom. The molecule has 8 N–H and O–H groups in total. The van der Waals surface area contributed by atoms with Crippen molar-refractivity contribution in [2.75, 3.05) is 49.3 Å². The van der Waals surface area contributed by atoms with Gasteiger partial charge in [-0.2, -0.15) is 0 Å². The van der Waals surface area contributed by atoms with Crippen LogP contribution in [0.4, 0.5) is 0 Å². The van der Waals surface area contributed by atoms with E-state index in [2.05, 4.69) is 146 Å². The molecule has 0 atom stereocenters. The molecule has 0 amide bonds. The maximum atomic E-state index is 8.64. The van der Waals surface area contributed by atoms with E-state index in [0.717, 1.165) is 13.1 Å². The molecule has 0 aliphatic heterocycles. The van der Waals surface area contributed by atoms with Gasteiger partial charge in [0.25, 0.3) is 12.9 Å². The van der Waals surface area contributed by atoms with E-state index in [-0.39, 0.29) is 37.0 Å². The molecule has 0 radical (unpaired) electrons. The molecule has 0 fully saturated rings. The lowest BCUT2D eigenvalue weighted by molar-refractivity contribution is -0.652. The van der Waals surface area contributed by atoms with Crippen molar-refractivity contribution >= 4 is 56.1 Å². The van der Waals surface area contributed by atoms with Gasteiger partial charge in [0.15, 0.2) is 0 Å². The highest BCUT2D eigenvalue weighted by molar-refractivity contribution is 8.77. The van der Waals surface area contributed by atoms with Gasteiger partial charge in [0.1, 0.15) is 0 Å². The number of hydrogen-bond acceptors (Lipinski definition) is 16. The van der Waals surface area contributed by atoms with Crippen LogP contribution in [-0.4, -0.2) is 72.5 Å². The predicted molar refractivity (Wildman–Crippen MR) is 263 cm³/mol. The van der Waals surface area contributed by atoms with Gasteiger partial charge in [0, 0.05) is 66.9 Å². The van der Waals surface area contributed by atoms with Crippen molar-refractivity contribution in [2.24, 2.45) is 43.3 Å². The molecular weight excluding hydrogens is 853 g/mol. The molecule has 0 unspecified atom stereocenters. The molecule has 18 heteroatoms. The van der Waals surface area contributed by atoms with Crippen LogP contribution in [0.3, 0.4) is 0 Å². The maximum absolute atomic E-state index is 8.64. The van der Waals surface area contributed by atoms with E-state index in [4.69, 9.17) is 50.2 Å². The van der Waals surface area contributed by atoms with Crippen molar-refractivity contribution in [1.29, 1.82) is 0 Å². The van der Waals surface area contributed by atoms with Gasteiger partial charge in [0.2, 0.25) is 0 Å². The fourth-order valence-corrected chi connectivity index (χ4v) is 7.86. The number of carbonyl (C=O) groups is 2. The lowest BCUT2D eigenvalue weighted by Crippen LogP contribution is -2.55. The highest BCUT2D eigenvalue weighted by Crippen LogP contribution is 2.34. The standard InChI is InChI=1S/2C10H22S2.2C5H13N.2C5H12O.2CH2O3.2O2/c2*1-9(2,3)7-11-12-8-10(4,5)6;4*1-5(2,3)4-6;2*2-1-4-3;2*1-2/h2*7-8H2,1-6H3;2*4,6H2,1-3H3;2*6H,4H2,1-3H3;2*1,3H;;. The summed E-state index contributed by atoms with van der Waals surface area (Å²) in [5.41, 5.74) is 10.4. The molecule has 0 heterocycles. The average molecular weight is 952 g/mol. The molecule has 0 rings (SSSR count). The molecule has 0 aromatic carbocycles. The Balaban J connectivity index is -0.0000000606. The normalized spacial score (nSPS) is 11.0. The Morgan fingerprint density at radius 1 is 0.383 bits per heavy atom. The summed E-state index contributed by atoms with van der Waals surface area (Å²) in [4.78, 5) is 50.5. The molecule has 372 valence electrons. The Morgan fingerprint density at radius 3 is 0.517 bits per heavy atom. The van der Waals surface area contributed by atoms with Crippen LogP contribution in [0.25, 0.3) is 0 Å². The van der Waals surface area contributed by atoms with E-state index in [1.54, 1.807) is 0 Å². The molecule has 0 spiro atoms. The second-order valence-electron chi connectivity index (χ2n) is 22.7. The number of aliphatic hydroxyl groups excluding tert-OH is 2. The summed E-state index contributed by atoms with van der Waals surface area (Å²) in [6.07, 6.45) is 0. The van der Waals surface area contributed by atoms with Gasteiger partial charge in [0.05, 0.1) is 13.1 Å². The minimum Gasteiger partial charge on any atom is -0.662 e. The smallest absolute Gasteiger partial charge is 0.287 e. The van der Waals surface area contributed by atoms with Crippen LogP contribution >= 0.6 is 43.2 Å². The first-order chi connectivity index (χ1) is 26.5. The largest absolute Gasteiger partial charge is 0.662 e. The molecule has 14 nitrogen and oxygen atoms in total. The zero-order valence-electron chi connectivity index (χ0n) is 42.8. The van der Waals surface area contributed by atoms with E-state index < -0.39 is 0 Å². The van der Waals surface area contributed by atoms with Crippen LogP contribution in [0.2, 0.25) is 0 Å². The molecule has 0 aliphatic rings. The van der Waals surface area contributed by atoms with Crippen LogP contribution in [0.5, 0.6) is 0 Å². The van der Waals surface area contributed by atoms with Gasteiger partial charge in [-0.15, -0.1) is 0 Å². The van der Waals surface area contributed by atoms with Gasteiger partial charge >= 0.3 is 0 Å². The minimum absolute atomic E-state index is 0.0972. The van der Waals surface area contributed by atoms with E-state index in [9.17, 15) is 0 Å². The van der Waals surface area contributed by atoms with Crippen molar-refractivity contribution in [3.63, 3.8) is 0 Å². The molecule has 0 aliphatic carbocycles. The quantitative estimate of drug-likeness (QED) is 0.0584. The summed E-state index contributed by atoms with van der Waals surface area (Å²) in [5.74, 6) is 4.98. The summed E-state index contributed by atoms with van der Waals surface area (Å²) in [6.45, 7) is 54.7. The summed E-state index contributed by atoms with van der Waals surface area (Å²) in [7, 11) is 8.01. The first-order valence-corrected chi connectivity index (χ1v) is 24.5. The summed E-state index contributed by atoms with van der Waals surface area (Å²) in [6, 6.07) is 0. The molecular formula is C42H98N2O12S4. The molecule has 0 aromatic rings. The van der Waals surface area contributed by atoms with Gasteiger partial charge in [-0.3, -0.25) is 9.59 Å². The molecule has 0 bridgehead atoms. The average Bonchev–Trinajstić information content (AvgIpc) is 3.09. The first-order valence-electron chi connectivity index (χ1n) is 19.6. The summed E-state index contributed by atoms with van der Waals surface area (Å²) < 4.78 is 0. The monoisotopic (exact) mass is 951 g/mol. The van der Waals surface area contributed by atoms with Crippen molar-refractivity contribution in [1.82, 2.24) is 0 Å². The van der Waals surface area contributed by atoms with Crippen molar-refractivity contribution in [3.05, 3.63) is 19.9 Å². The fraction of sp³-hybridized carbons (Fsp3) is 0.952. The van der Waals surface area contributed by atoms with Crippen LogP contribution in [0.1, 0.15) is 166 Å². The third kappa shape index (κ3) is 185. The second-order valence-corrected chi connectivity index (χ2v) is 27.7. The van der Waals surface area contributed by atoms with Crippen LogP contribution in [-0.2, 0) is 19.4 Å². The van der Waals surface area contributed by atoms with E-state index in [1.165, 1.54) is 23.0 Å². The first kappa shape index (κ1) is 82.9. The molecule has 60 heavy (non-hydrogen) atoms. The Bertz CT molecular complexity index is 723. The molecule has 0 saturated carbocycles. The SMILES string of the molecule is CC(C)(C)CO.CC(C)(C)CO.CC(C)(C)CSSCC(C)(C)C.CC(C)(C)CSSCC(C)(C)C.CC(C)(C)C[NH3+].CC(C)(C)C[NH3+].O=CO[O-].O=CO[O-].O=O.O=O. The molecule has 0 saturated heterocycles. The lowest BCUT2D eigenvalue weighted by atomic mass is 9.98. The van der Waals surface area contributed by atoms with Crippen LogP contribution in [0, 0.1) is 63.2 Å². The van der Waals surface area contributed by atoms with E-state index in [0.29, 0.717) is 32.5 Å². The van der Waals surface area contributed by atoms with Crippen molar-refractivity contribution in [2.45, 2.75) is 166 Å². The summed E-state index contributed by atoms with van der Waals surface area (Å²) in [5, 5.41) is 33.7. The number of hydrogen-bond donors (Lipinski definition) is 4. The van der Waals surface area contributed by atoms with Gasteiger partial charge in [-0.1, -0.05) is 209 Å². The van der Waals surface area contributed by atoms with Crippen molar-refractivity contribution < 1.29 is 51.6 Å². The maximum Gasteiger partial charge on any atom is 0.287 e. The Hall–Kier alpha value is -0.700. The minimum atomic E-state index is -0.181. The fourth-order valence-electron chi connectivity index (χ4n) is 0.874. The summed E-state index contributed by atoms with van der Waals surface area (Å²) >= 11 is 0. The number of aliphatic hydroxyl groups is 2.